The van der Waals surface area contributed by atoms with Gasteiger partial charge in [0.05, 0.1) is 5.39 Å². The molecular weight excluding hydrogens is 1500 g/mol. The molecule has 0 saturated heterocycles. The minimum absolute atomic E-state index is 0.148. The molecule has 0 bridgehead atoms. The van der Waals surface area contributed by atoms with Gasteiger partial charge in [-0.1, -0.05) is 17.7 Å². The SMILES string of the molecule is Cn1ccc2ccc(O)c(O)c2c1=O.S=S(=S)(S)S(=S)(=S)S(=S)(=S)S(=S)(=S)S(=S)(=S)S(=S)(=S)S(=S)(=S)S(=S)(=S)S(=S)(=S)S(=S)(=S)S(=S)(=S)S(=S)(=S)I. The Kier molecular flexibility index (Phi) is 21.9. The third-order valence-corrected chi connectivity index (χ3v) is 233. The van der Waals surface area contributed by atoms with Gasteiger partial charge in [0.15, 0.2) is 11.5 Å². The zero-order valence-electron chi connectivity index (χ0n) is 23.1. The van der Waals surface area contributed by atoms with Crippen LogP contribution in [0.25, 0.3) is 10.8 Å². The van der Waals surface area contributed by atoms with Gasteiger partial charge in [-0.3, -0.25) is 4.79 Å². The second kappa shape index (κ2) is 19.4. The van der Waals surface area contributed by atoms with Gasteiger partial charge >= 0.3 is 0 Å². The van der Waals surface area contributed by atoms with Gasteiger partial charge in [-0.05, 0) is 286 Å². The van der Waals surface area contributed by atoms with Crippen molar-refractivity contribution >= 4 is 373 Å². The van der Waals surface area contributed by atoms with Gasteiger partial charge in [0.25, 0.3) is 5.56 Å². The molecule has 0 aliphatic rings. The number of phenolic OH excluding ortho intramolecular Hbond substituents is 2. The van der Waals surface area contributed by atoms with Crippen LogP contribution in [0.4, 0.5) is 0 Å². The Balaban J connectivity index is 0.000000790. The summed E-state index contributed by atoms with van der Waals surface area (Å²) in [5.41, 5.74) is -0.323. The highest BCUT2D eigenvalue weighted by Crippen LogP contribution is 2.40. The molecule has 0 radical (unpaired) electrons. The van der Waals surface area contributed by atoms with Crippen LogP contribution >= 0.6 is 32.9 Å². The van der Waals surface area contributed by atoms with Crippen molar-refractivity contribution < 1.29 is 10.2 Å². The van der Waals surface area contributed by atoms with Gasteiger partial charge in [0.2, 0.25) is 0 Å². The van der Waals surface area contributed by atoms with Crippen LogP contribution in [-0.2, 0) is 336 Å². The number of aromatic nitrogens is 1. The first-order valence-corrected chi connectivity index (χ1v) is 61.4. The van der Waals surface area contributed by atoms with E-state index in [0.29, 0.717) is 5.39 Å². The Labute approximate surface area is 430 Å². The van der Waals surface area contributed by atoms with E-state index >= 15 is 0 Å². The third-order valence-electron chi connectivity index (χ3n) is 4.95. The molecule has 2 N–H and O–H groups in total. The Hall–Kier alpha value is 8.59. The quantitative estimate of drug-likeness (QED) is 0.101. The molecule has 0 unspecified atom stereocenters. The lowest BCUT2D eigenvalue weighted by Crippen LogP contribution is -2.37. The maximum atomic E-state index is 11.6. The number of fused-ring (bicyclic) bond motifs is 1. The molecule has 0 atom stereocenters. The summed E-state index contributed by atoms with van der Waals surface area (Å²) in [6.07, 6.45) is 1.61. The van der Waals surface area contributed by atoms with Crippen LogP contribution < -0.4 is 5.56 Å². The minimum Gasteiger partial charge on any atom is -0.504 e. The highest BCUT2D eigenvalue weighted by molar-refractivity contribution is 14.2. The van der Waals surface area contributed by atoms with Crippen molar-refractivity contribution in [1.29, 1.82) is 0 Å². The molecule has 42 heteroatoms. The molecule has 0 aliphatic heterocycles. The lowest BCUT2D eigenvalue weighted by atomic mass is 10.1. The Morgan fingerprint density at radius 3 is 1.10 bits per heavy atom. The van der Waals surface area contributed by atoms with Crippen molar-refractivity contribution in [1.82, 2.24) is 4.57 Å². The first kappa shape index (κ1) is 58.6. The third kappa shape index (κ3) is 10.3. The normalized spacial score (nSPS) is 15.0. The fourth-order valence-corrected chi connectivity index (χ4v) is 259. The zero-order valence-corrected chi connectivity index (χ0v) is 55.5. The molecule has 0 fully saturated rings. The summed E-state index contributed by atoms with van der Waals surface area (Å²) < 4.78 is -1.19. The minimum atomic E-state index is -3.49. The molecule has 1 aromatic heterocycles. The van der Waals surface area contributed by atoms with Crippen LogP contribution in [0.1, 0.15) is 0 Å². The van der Waals surface area contributed by atoms with Gasteiger partial charge in [-0.15, -0.1) is 0 Å². The fraction of sp³-hybridized carbons (Fsp3) is 0.100. The first-order chi connectivity index (χ1) is 22.4. The molecule has 0 amide bonds. The fourth-order valence-electron chi connectivity index (χ4n) is 2.42. The van der Waals surface area contributed by atoms with Crippen molar-refractivity contribution in [3.05, 3.63) is 34.7 Å². The lowest BCUT2D eigenvalue weighted by Gasteiger charge is -2.34. The van der Waals surface area contributed by atoms with E-state index in [1.54, 1.807) is 46.6 Å². The number of rotatable bonds is 11. The summed E-state index contributed by atoms with van der Waals surface area (Å²) in [5.74, 6) is -0.635. The Morgan fingerprint density at radius 1 is 0.519 bits per heavy atom. The molecule has 0 aliphatic carbocycles. The largest absolute Gasteiger partial charge is 0.504 e. The number of halogens is 1. The topological polar surface area (TPSA) is 62.5 Å². The van der Waals surface area contributed by atoms with E-state index in [4.69, 9.17) is 269 Å². The monoisotopic (exact) mass is 1500 g/mol. The molecule has 2 rings (SSSR count). The average molecular weight is 1510 g/mol. The highest BCUT2D eigenvalue weighted by Gasteiger charge is 2.43. The van der Waals surface area contributed by atoms with Crippen molar-refractivity contribution in [2.24, 2.45) is 7.05 Å². The zero-order chi connectivity index (χ0) is 42.3. The molecule has 0 saturated carbocycles. The summed E-state index contributed by atoms with van der Waals surface area (Å²) in [5, 5.41) is -16.4. The maximum Gasteiger partial charge on any atom is 0.262 e. The van der Waals surface area contributed by atoms with Gasteiger partial charge in [0, 0.05) is 95.1 Å². The number of hydrogen-bond donors (Lipinski definition) is 3. The van der Waals surface area contributed by atoms with Gasteiger partial charge in [0.1, 0.15) is 0 Å². The van der Waals surface area contributed by atoms with Crippen molar-refractivity contribution in [2.45, 2.75) is 0 Å². The molecule has 4 nitrogen and oxygen atoms in total. The molecule has 2 aromatic rings. The molecule has 0 spiro atoms. The summed E-state index contributed by atoms with van der Waals surface area (Å²) in [6, 6.07) is 4.65. The predicted octanol–water partition coefficient (Wildman–Crippen LogP) is 2.13. The van der Waals surface area contributed by atoms with Crippen LogP contribution in [-0.4, -0.2) is 14.8 Å². The second-order valence-electron chi connectivity index (χ2n) is 8.03. The number of hydrogen-bond acceptors (Lipinski definition) is 27. The Bertz CT molecular complexity index is 3160. The van der Waals surface area contributed by atoms with Crippen molar-refractivity contribution in [2.75, 3.05) is 0 Å². The van der Waals surface area contributed by atoms with Crippen molar-refractivity contribution in [3.8, 4) is 11.5 Å². The molecule has 52 heavy (non-hydrogen) atoms. The number of thiol groups is 1. The van der Waals surface area contributed by atoms with E-state index < -0.39 is 60.7 Å². The summed E-state index contributed by atoms with van der Waals surface area (Å²) in [6.45, 7) is 0. The number of benzene rings is 1. The Morgan fingerprint density at radius 2 is 0.808 bits per heavy atom. The number of phenols is 2. The first-order valence-electron chi connectivity index (χ1n) is 10.3. The van der Waals surface area contributed by atoms with Gasteiger partial charge in [-0.2, -0.15) is 0 Å². The van der Waals surface area contributed by atoms with Crippen LogP contribution in [0.3, 0.4) is 0 Å². The number of nitrogens with zero attached hydrogens (tertiary/aromatic N) is 1. The van der Waals surface area contributed by atoms with Crippen LogP contribution in [0, 0.1) is 0 Å². The van der Waals surface area contributed by atoms with E-state index in [9.17, 15) is 15.0 Å². The molecular formula is C10H10INO3S37. The summed E-state index contributed by atoms with van der Waals surface area (Å²) in [4.78, 5) is 11.6. The predicted molar refractivity (Wildman–Crippen MR) is 341 cm³/mol. The lowest BCUT2D eigenvalue weighted by molar-refractivity contribution is 0.408. The smallest absolute Gasteiger partial charge is 0.262 e. The van der Waals surface area contributed by atoms with Crippen molar-refractivity contribution in [3.63, 3.8) is 0 Å². The number of aryl methyl sites for hydroxylation is 1. The summed E-state index contributed by atoms with van der Waals surface area (Å²) >= 11 is 143. The van der Waals surface area contributed by atoms with Crippen LogP contribution in [0.15, 0.2) is 29.2 Å². The van der Waals surface area contributed by atoms with E-state index in [2.05, 4.69) is 11.7 Å². The number of aromatic hydroxyl groups is 2. The van der Waals surface area contributed by atoms with E-state index in [0.717, 1.165) is 0 Å². The van der Waals surface area contributed by atoms with E-state index in [1.165, 1.54) is 10.6 Å². The van der Waals surface area contributed by atoms with Crippen LogP contribution in [0.2, 0.25) is 0 Å². The second-order valence-corrected chi connectivity index (χ2v) is 142. The van der Waals surface area contributed by atoms with E-state index in [-0.39, 0.29) is 22.4 Å². The van der Waals surface area contributed by atoms with Gasteiger partial charge in [-0.25, -0.2) is 0 Å². The average Bonchev–Trinajstić information content (AvgIpc) is 2.94. The van der Waals surface area contributed by atoms with Crippen LogP contribution in [0.5, 0.6) is 11.5 Å². The highest BCUT2D eigenvalue weighted by atomic mass is 127. The maximum absolute atomic E-state index is 11.6. The number of pyridine rings is 1. The summed E-state index contributed by atoms with van der Waals surface area (Å²) in [7, 11) is 1.59. The standard InChI is InChI=1S/C10H9NO3.HIS37/c1-11-5-4-6-2-3-7(12)9(13)8(6)10(11)14;1-27(2,3)29(7,8)31(11,12)33(15,16)35(19,20)37(23,24)38(25,26)36(21,22)34(17,18)32(13,14)30(9,10)28(4,5)6/h2-5,12-13H,1H3;(H,4,5,6). The molecule has 302 valence electrons. The molecule has 1 heterocycles. The van der Waals surface area contributed by atoms with Gasteiger partial charge < -0.3 is 14.8 Å². The molecule has 1 aromatic carbocycles. The van der Waals surface area contributed by atoms with E-state index in [1.807, 2.05) is 0 Å².